The maximum atomic E-state index is 11.7. The predicted octanol–water partition coefficient (Wildman–Crippen LogP) is -0.289. The first-order chi connectivity index (χ1) is 8.37. The van der Waals surface area contributed by atoms with E-state index >= 15 is 0 Å². The maximum Gasteiger partial charge on any atom is 0.252 e. The van der Waals surface area contributed by atoms with Gasteiger partial charge >= 0.3 is 0 Å². The summed E-state index contributed by atoms with van der Waals surface area (Å²) in [4.78, 5) is 11.2. The molecule has 0 radical (unpaired) electrons. The van der Waals surface area contributed by atoms with Gasteiger partial charge in [0.15, 0.2) is 11.5 Å². The first-order valence-corrected chi connectivity index (χ1v) is 6.35. The molecule has 1 aromatic carbocycles. The molecule has 18 heavy (non-hydrogen) atoms. The van der Waals surface area contributed by atoms with E-state index in [1.807, 2.05) is 0 Å². The number of nitrogens with two attached hydrogens (primary N) is 1. The number of carbonyl (C=O) groups is 1. The molecule has 0 aliphatic rings. The zero-order chi connectivity index (χ0) is 13.9. The second-order valence-corrected chi connectivity index (χ2v) is 5.16. The Bertz CT molecular complexity index is 568. The molecule has 0 spiro atoms. The second-order valence-electron chi connectivity index (χ2n) is 3.28. The van der Waals surface area contributed by atoms with Crippen molar-refractivity contribution in [2.75, 3.05) is 21.3 Å². The van der Waals surface area contributed by atoms with Crippen LogP contribution in [0.25, 0.3) is 0 Å². The summed E-state index contributed by atoms with van der Waals surface area (Å²) in [5.41, 5.74) is 5.11. The third-order valence-corrected chi connectivity index (χ3v) is 3.69. The van der Waals surface area contributed by atoms with Crippen LogP contribution in [0, 0.1) is 0 Å². The number of amides is 1. The van der Waals surface area contributed by atoms with Crippen molar-refractivity contribution >= 4 is 15.9 Å². The Hall–Kier alpha value is -1.80. The average Bonchev–Trinajstić information content (AvgIpc) is 2.36. The molecule has 1 rings (SSSR count). The van der Waals surface area contributed by atoms with Crippen LogP contribution in [0.3, 0.4) is 0 Å². The fraction of sp³-hybridized carbons (Fsp3) is 0.300. The van der Waals surface area contributed by atoms with E-state index in [9.17, 15) is 13.2 Å². The standard InChI is InChI=1S/C10H14N2O5S/c1-12-18(14,15)6-4-7(10(11)13)9(17-3)8(5-6)16-2/h4-5,12H,1-3H3,(H2,11,13). The quantitative estimate of drug-likeness (QED) is 0.767. The molecular weight excluding hydrogens is 260 g/mol. The zero-order valence-corrected chi connectivity index (χ0v) is 11.0. The van der Waals surface area contributed by atoms with Crippen LogP contribution in [0.2, 0.25) is 0 Å². The highest BCUT2D eigenvalue weighted by Crippen LogP contribution is 2.33. The van der Waals surface area contributed by atoms with Crippen LogP contribution in [0.4, 0.5) is 0 Å². The first kappa shape index (κ1) is 14.3. The number of hydrogen-bond donors (Lipinski definition) is 2. The van der Waals surface area contributed by atoms with Gasteiger partial charge in [0.25, 0.3) is 5.91 Å². The van der Waals surface area contributed by atoms with Gasteiger partial charge in [0.05, 0.1) is 24.7 Å². The fourth-order valence-corrected chi connectivity index (χ4v) is 2.17. The van der Waals surface area contributed by atoms with E-state index in [-0.39, 0.29) is 22.0 Å². The topological polar surface area (TPSA) is 108 Å². The van der Waals surface area contributed by atoms with E-state index in [0.29, 0.717) is 0 Å². The Morgan fingerprint density at radius 1 is 1.28 bits per heavy atom. The number of nitrogens with one attached hydrogen (secondary N) is 1. The summed E-state index contributed by atoms with van der Waals surface area (Å²) in [5.74, 6) is -0.596. The number of primary amides is 1. The fourth-order valence-electron chi connectivity index (χ4n) is 1.40. The van der Waals surface area contributed by atoms with E-state index in [0.717, 1.165) is 6.07 Å². The van der Waals surface area contributed by atoms with Crippen molar-refractivity contribution in [2.45, 2.75) is 4.90 Å². The molecule has 3 N–H and O–H groups in total. The minimum atomic E-state index is -3.71. The number of carbonyl (C=O) groups excluding carboxylic acids is 1. The van der Waals surface area contributed by atoms with Crippen molar-refractivity contribution in [3.63, 3.8) is 0 Å². The van der Waals surface area contributed by atoms with Crippen LogP contribution >= 0.6 is 0 Å². The van der Waals surface area contributed by atoms with Crippen LogP contribution in [0.1, 0.15) is 10.4 Å². The largest absolute Gasteiger partial charge is 0.493 e. The lowest BCUT2D eigenvalue weighted by atomic mass is 10.1. The maximum absolute atomic E-state index is 11.7. The molecule has 0 bridgehead atoms. The molecule has 0 fully saturated rings. The Morgan fingerprint density at radius 3 is 2.28 bits per heavy atom. The highest BCUT2D eigenvalue weighted by atomic mass is 32.2. The molecule has 0 saturated carbocycles. The summed E-state index contributed by atoms with van der Waals surface area (Å²) in [5, 5.41) is 0. The van der Waals surface area contributed by atoms with E-state index in [2.05, 4.69) is 4.72 Å². The second kappa shape index (κ2) is 5.23. The summed E-state index contributed by atoms with van der Waals surface area (Å²) in [7, 11) is 0.216. The number of methoxy groups -OCH3 is 2. The lowest BCUT2D eigenvalue weighted by Crippen LogP contribution is -2.20. The summed E-state index contributed by atoms with van der Waals surface area (Å²) in [6.07, 6.45) is 0. The van der Waals surface area contributed by atoms with Crippen molar-refractivity contribution in [1.82, 2.24) is 4.72 Å². The highest BCUT2D eigenvalue weighted by Gasteiger charge is 2.21. The van der Waals surface area contributed by atoms with Gasteiger partial charge in [0.2, 0.25) is 10.0 Å². The Labute approximate surface area is 105 Å². The molecule has 8 heteroatoms. The number of ether oxygens (including phenoxy) is 2. The van der Waals surface area contributed by atoms with Crippen molar-refractivity contribution in [3.8, 4) is 11.5 Å². The lowest BCUT2D eigenvalue weighted by Gasteiger charge is -2.13. The molecule has 0 unspecified atom stereocenters. The predicted molar refractivity (Wildman–Crippen MR) is 64.3 cm³/mol. The molecule has 0 heterocycles. The first-order valence-electron chi connectivity index (χ1n) is 4.86. The molecule has 100 valence electrons. The van der Waals surface area contributed by atoms with Gasteiger partial charge in [-0.15, -0.1) is 0 Å². The number of benzene rings is 1. The number of rotatable bonds is 5. The minimum absolute atomic E-state index is 0.0642. The van der Waals surface area contributed by atoms with E-state index in [1.54, 1.807) is 0 Å². The van der Waals surface area contributed by atoms with Crippen LogP contribution in [-0.4, -0.2) is 35.6 Å². The average molecular weight is 274 g/mol. The monoisotopic (exact) mass is 274 g/mol. The van der Waals surface area contributed by atoms with Gasteiger partial charge in [-0.25, -0.2) is 13.1 Å². The van der Waals surface area contributed by atoms with E-state index in [1.165, 1.54) is 27.3 Å². The Balaban J connectivity index is 3.61. The van der Waals surface area contributed by atoms with Crippen LogP contribution in [0.5, 0.6) is 11.5 Å². The summed E-state index contributed by atoms with van der Waals surface area (Å²) >= 11 is 0. The van der Waals surface area contributed by atoms with Gasteiger partial charge < -0.3 is 15.2 Å². The van der Waals surface area contributed by atoms with Crippen LogP contribution in [-0.2, 0) is 10.0 Å². The molecule has 0 saturated heterocycles. The Morgan fingerprint density at radius 2 is 1.89 bits per heavy atom. The van der Waals surface area contributed by atoms with Crippen LogP contribution in [0.15, 0.2) is 17.0 Å². The van der Waals surface area contributed by atoms with Crippen molar-refractivity contribution in [2.24, 2.45) is 5.73 Å². The van der Waals surface area contributed by atoms with Gasteiger partial charge in [0, 0.05) is 6.07 Å². The molecular formula is C10H14N2O5S. The van der Waals surface area contributed by atoms with Crippen LogP contribution < -0.4 is 19.9 Å². The van der Waals surface area contributed by atoms with Gasteiger partial charge in [0.1, 0.15) is 0 Å². The normalized spacial score (nSPS) is 11.1. The molecule has 0 aliphatic heterocycles. The SMILES string of the molecule is CNS(=O)(=O)c1cc(OC)c(OC)c(C(N)=O)c1. The number of hydrogen-bond acceptors (Lipinski definition) is 5. The third kappa shape index (κ3) is 2.54. The lowest BCUT2D eigenvalue weighted by molar-refractivity contribution is 0.0996. The summed E-state index contributed by atoms with van der Waals surface area (Å²) in [6.45, 7) is 0. The molecule has 7 nitrogen and oxygen atoms in total. The molecule has 0 aromatic heterocycles. The molecule has 1 aromatic rings. The van der Waals surface area contributed by atoms with E-state index < -0.39 is 15.9 Å². The van der Waals surface area contributed by atoms with Crippen molar-refractivity contribution < 1.29 is 22.7 Å². The molecule has 1 amide bonds. The molecule has 0 aliphatic carbocycles. The molecule has 0 atom stereocenters. The number of sulfonamides is 1. The van der Waals surface area contributed by atoms with Crippen molar-refractivity contribution in [3.05, 3.63) is 17.7 Å². The smallest absolute Gasteiger partial charge is 0.252 e. The van der Waals surface area contributed by atoms with Gasteiger partial charge in [-0.1, -0.05) is 0 Å². The summed E-state index contributed by atoms with van der Waals surface area (Å²) in [6, 6.07) is 2.38. The van der Waals surface area contributed by atoms with Gasteiger partial charge in [-0.2, -0.15) is 0 Å². The van der Waals surface area contributed by atoms with Gasteiger partial charge in [-0.05, 0) is 13.1 Å². The van der Waals surface area contributed by atoms with Crippen molar-refractivity contribution in [1.29, 1.82) is 0 Å². The minimum Gasteiger partial charge on any atom is -0.493 e. The van der Waals surface area contributed by atoms with E-state index in [4.69, 9.17) is 15.2 Å². The van der Waals surface area contributed by atoms with Gasteiger partial charge in [-0.3, -0.25) is 4.79 Å². The third-order valence-electron chi connectivity index (χ3n) is 2.30. The summed E-state index contributed by atoms with van der Waals surface area (Å²) < 4.78 is 35.5. The zero-order valence-electron chi connectivity index (χ0n) is 10.2. The Kier molecular flexibility index (Phi) is 4.15. The highest BCUT2D eigenvalue weighted by molar-refractivity contribution is 7.89.